The van der Waals surface area contributed by atoms with Crippen LogP contribution in [-0.4, -0.2) is 24.6 Å². The van der Waals surface area contributed by atoms with Crippen LogP contribution in [0.4, 0.5) is 5.82 Å². The van der Waals surface area contributed by atoms with Gasteiger partial charge in [-0.1, -0.05) is 17.5 Å². The number of halogens is 1. The van der Waals surface area contributed by atoms with Crippen LogP contribution in [0.2, 0.25) is 5.02 Å². The van der Waals surface area contributed by atoms with E-state index in [1.165, 1.54) is 12.8 Å². The van der Waals surface area contributed by atoms with Gasteiger partial charge in [0.2, 0.25) is 0 Å². The van der Waals surface area contributed by atoms with E-state index in [0.717, 1.165) is 17.9 Å². The number of hydrogen-bond acceptors (Lipinski definition) is 3. The van der Waals surface area contributed by atoms with Crippen molar-refractivity contribution in [3.05, 3.63) is 22.8 Å². The Morgan fingerprint density at radius 3 is 3.00 bits per heavy atom. The molecule has 1 fully saturated rings. The van der Waals surface area contributed by atoms with Gasteiger partial charge in [-0.05, 0) is 24.5 Å². The molecule has 0 radical (unpaired) electrons. The highest BCUT2D eigenvalue weighted by Crippen LogP contribution is 2.24. The summed E-state index contributed by atoms with van der Waals surface area (Å²) in [6, 6.07) is 2.64. The quantitative estimate of drug-likeness (QED) is 0.810. The zero-order valence-corrected chi connectivity index (χ0v) is 10.7. The van der Waals surface area contributed by atoms with Gasteiger partial charge in [0.15, 0.2) is 0 Å². The Hall–Kier alpha value is -1.24. The molecule has 1 aromatic rings. The monoisotopic (exact) mass is 249 g/mol. The number of rotatable bonds is 5. The third kappa shape index (κ3) is 3.36. The van der Waals surface area contributed by atoms with Crippen LogP contribution in [0.25, 0.3) is 0 Å². The molecule has 0 atom stereocenters. The molecule has 3 nitrogen and oxygen atoms in total. The van der Waals surface area contributed by atoms with Crippen LogP contribution in [0.5, 0.6) is 0 Å². The lowest BCUT2D eigenvalue weighted by Gasteiger charge is -2.16. The van der Waals surface area contributed by atoms with Crippen LogP contribution in [0.1, 0.15) is 18.4 Å². The number of anilines is 1. The number of hydrogen-bond donors (Lipinski definition) is 1. The maximum absolute atomic E-state index is 6.19. The molecule has 0 saturated heterocycles. The molecular weight excluding hydrogens is 234 g/mol. The van der Waals surface area contributed by atoms with Crippen LogP contribution in [0.15, 0.2) is 12.3 Å². The van der Waals surface area contributed by atoms with Gasteiger partial charge in [0.05, 0.1) is 11.6 Å². The summed E-state index contributed by atoms with van der Waals surface area (Å²) in [5, 5.41) is 4.08. The lowest BCUT2D eigenvalue weighted by molar-refractivity contribution is 0.686. The zero-order chi connectivity index (χ0) is 12.3. The van der Waals surface area contributed by atoms with Crippen LogP contribution >= 0.6 is 11.6 Å². The van der Waals surface area contributed by atoms with E-state index in [9.17, 15) is 0 Å². The van der Waals surface area contributed by atoms with Crippen molar-refractivity contribution < 1.29 is 0 Å². The Kier molecular flexibility index (Phi) is 3.88. The molecule has 1 aliphatic carbocycles. The first-order chi connectivity index (χ1) is 8.20. The molecule has 1 aliphatic rings. The fourth-order valence-corrected chi connectivity index (χ4v) is 1.94. The molecule has 1 heterocycles. The van der Waals surface area contributed by atoms with Gasteiger partial charge in [-0.3, -0.25) is 0 Å². The normalized spacial score (nSPS) is 14.4. The number of aromatic nitrogens is 1. The first-order valence-corrected chi connectivity index (χ1v) is 6.11. The molecule has 1 saturated carbocycles. The minimum absolute atomic E-state index is 0.506. The second kappa shape index (κ2) is 5.39. The van der Waals surface area contributed by atoms with Gasteiger partial charge in [0.1, 0.15) is 5.82 Å². The summed E-state index contributed by atoms with van der Waals surface area (Å²) in [5.74, 6) is 3.31. The van der Waals surface area contributed by atoms with E-state index in [2.05, 4.69) is 16.2 Å². The Morgan fingerprint density at radius 2 is 2.41 bits per heavy atom. The summed E-state index contributed by atoms with van der Waals surface area (Å²) < 4.78 is 0. The molecule has 17 heavy (non-hydrogen) atoms. The maximum atomic E-state index is 6.19. The van der Waals surface area contributed by atoms with E-state index in [1.807, 2.05) is 24.2 Å². The van der Waals surface area contributed by atoms with Crippen molar-refractivity contribution in [3.8, 4) is 12.3 Å². The fourth-order valence-electron chi connectivity index (χ4n) is 1.61. The van der Waals surface area contributed by atoms with Gasteiger partial charge in [-0.25, -0.2) is 4.98 Å². The van der Waals surface area contributed by atoms with Gasteiger partial charge < -0.3 is 10.2 Å². The smallest absolute Gasteiger partial charge is 0.147 e. The number of nitrogens with one attached hydrogen (secondary N) is 1. The molecule has 0 spiro atoms. The molecule has 0 aliphatic heterocycles. The lowest BCUT2D eigenvalue weighted by atomic mass is 10.2. The van der Waals surface area contributed by atoms with Crippen molar-refractivity contribution in [3.63, 3.8) is 0 Å². The van der Waals surface area contributed by atoms with E-state index < -0.39 is 0 Å². The van der Waals surface area contributed by atoms with Crippen molar-refractivity contribution in [1.29, 1.82) is 0 Å². The molecule has 90 valence electrons. The van der Waals surface area contributed by atoms with Crippen LogP contribution in [0.3, 0.4) is 0 Å². The van der Waals surface area contributed by atoms with E-state index in [0.29, 0.717) is 17.6 Å². The van der Waals surface area contributed by atoms with Crippen molar-refractivity contribution in [2.75, 3.05) is 18.5 Å². The fraction of sp³-hybridized carbons (Fsp3) is 0.462. The molecule has 0 amide bonds. The zero-order valence-electron chi connectivity index (χ0n) is 9.91. The Bertz CT molecular complexity index is 435. The van der Waals surface area contributed by atoms with Crippen molar-refractivity contribution >= 4 is 17.4 Å². The summed E-state index contributed by atoms with van der Waals surface area (Å²) in [6.45, 7) is 1.34. The summed E-state index contributed by atoms with van der Waals surface area (Å²) in [5.41, 5.74) is 1.11. The Morgan fingerprint density at radius 1 is 1.65 bits per heavy atom. The summed E-state index contributed by atoms with van der Waals surface area (Å²) in [6.07, 6.45) is 9.68. The van der Waals surface area contributed by atoms with Gasteiger partial charge in [0, 0.05) is 25.8 Å². The average Bonchev–Trinajstić information content (AvgIpc) is 3.10. The summed E-state index contributed by atoms with van der Waals surface area (Å²) >= 11 is 6.19. The first-order valence-electron chi connectivity index (χ1n) is 5.73. The minimum Gasteiger partial charge on any atom is -0.347 e. The number of terminal acetylenes is 1. The third-order valence-corrected chi connectivity index (χ3v) is 3.02. The predicted octanol–water partition coefficient (Wildman–Crippen LogP) is 2.06. The number of pyridine rings is 1. The summed E-state index contributed by atoms with van der Waals surface area (Å²) in [7, 11) is 1.89. The molecule has 0 unspecified atom stereocenters. The van der Waals surface area contributed by atoms with Crippen LogP contribution in [0, 0.1) is 12.3 Å². The van der Waals surface area contributed by atoms with Crippen LogP contribution < -0.4 is 10.2 Å². The molecular formula is C13H16ClN3. The lowest BCUT2D eigenvalue weighted by Crippen LogP contribution is -2.19. The Labute approximate surface area is 107 Å². The van der Waals surface area contributed by atoms with Gasteiger partial charge in [-0.2, -0.15) is 0 Å². The molecule has 2 rings (SSSR count). The van der Waals surface area contributed by atoms with E-state index >= 15 is 0 Å². The first kappa shape index (κ1) is 12.2. The van der Waals surface area contributed by atoms with Gasteiger partial charge >= 0.3 is 0 Å². The highest BCUT2D eigenvalue weighted by molar-refractivity contribution is 6.33. The SMILES string of the molecule is C#CCN(C)c1ncc(CNC2CC2)cc1Cl. The largest absolute Gasteiger partial charge is 0.347 e. The molecule has 1 N–H and O–H groups in total. The van der Waals surface area contributed by atoms with Gasteiger partial charge in [0.25, 0.3) is 0 Å². The highest BCUT2D eigenvalue weighted by Gasteiger charge is 2.20. The van der Waals surface area contributed by atoms with E-state index in [-0.39, 0.29) is 0 Å². The van der Waals surface area contributed by atoms with E-state index in [1.54, 1.807) is 0 Å². The Balaban J connectivity index is 2.02. The van der Waals surface area contributed by atoms with Crippen LogP contribution in [-0.2, 0) is 6.54 Å². The third-order valence-electron chi connectivity index (χ3n) is 2.74. The summed E-state index contributed by atoms with van der Waals surface area (Å²) in [4.78, 5) is 6.22. The molecule has 0 aromatic carbocycles. The average molecular weight is 250 g/mol. The molecule has 0 bridgehead atoms. The highest BCUT2D eigenvalue weighted by atomic mass is 35.5. The van der Waals surface area contributed by atoms with Crippen molar-refractivity contribution in [2.45, 2.75) is 25.4 Å². The standard InChI is InChI=1S/C13H16ClN3/c1-3-6-17(2)13-12(14)7-10(9-16-13)8-15-11-4-5-11/h1,7,9,11,15H,4-6,8H2,2H3. The van der Waals surface area contributed by atoms with E-state index in [4.69, 9.17) is 18.0 Å². The van der Waals surface area contributed by atoms with Crippen molar-refractivity contribution in [1.82, 2.24) is 10.3 Å². The topological polar surface area (TPSA) is 28.2 Å². The number of nitrogens with zero attached hydrogens (tertiary/aromatic N) is 2. The van der Waals surface area contributed by atoms with Gasteiger partial charge in [-0.15, -0.1) is 6.42 Å². The second-order valence-corrected chi connectivity index (χ2v) is 4.77. The second-order valence-electron chi connectivity index (χ2n) is 4.36. The predicted molar refractivity (Wildman–Crippen MR) is 71.2 cm³/mol. The molecule has 4 heteroatoms. The van der Waals surface area contributed by atoms with Crippen molar-refractivity contribution in [2.24, 2.45) is 0 Å². The molecule has 1 aromatic heterocycles. The minimum atomic E-state index is 0.506. The maximum Gasteiger partial charge on any atom is 0.147 e.